The summed E-state index contributed by atoms with van der Waals surface area (Å²) < 4.78 is 5.86. The summed E-state index contributed by atoms with van der Waals surface area (Å²) in [5.41, 5.74) is 1.16. The van der Waals surface area contributed by atoms with Gasteiger partial charge < -0.3 is 14.9 Å². The van der Waals surface area contributed by atoms with Crippen molar-refractivity contribution in [2.24, 2.45) is 0 Å². The van der Waals surface area contributed by atoms with Crippen LogP contribution in [-0.4, -0.2) is 10.2 Å². The van der Waals surface area contributed by atoms with Crippen LogP contribution in [0.4, 0.5) is 0 Å². The van der Waals surface area contributed by atoms with Gasteiger partial charge in [0.2, 0.25) is 0 Å². The van der Waals surface area contributed by atoms with Crippen molar-refractivity contribution in [3.05, 3.63) is 72.3 Å². The van der Waals surface area contributed by atoms with Gasteiger partial charge in [-0.15, -0.1) is 0 Å². The van der Waals surface area contributed by atoms with Crippen molar-refractivity contribution < 1.29 is 14.9 Å². The molecule has 4 aromatic rings. The fourth-order valence-electron chi connectivity index (χ4n) is 2.92. The van der Waals surface area contributed by atoms with Crippen LogP contribution in [0, 0.1) is 6.92 Å². The van der Waals surface area contributed by atoms with E-state index in [0.717, 1.165) is 11.3 Å². The lowest BCUT2D eigenvalue weighted by atomic mass is 10.0. The van der Waals surface area contributed by atoms with E-state index in [0.29, 0.717) is 27.3 Å². The molecule has 24 heavy (non-hydrogen) atoms. The highest BCUT2D eigenvalue weighted by Gasteiger charge is 2.13. The Bertz CT molecular complexity index is 1050. The highest BCUT2D eigenvalue weighted by atomic mass is 16.5. The van der Waals surface area contributed by atoms with Crippen molar-refractivity contribution in [2.45, 2.75) is 6.92 Å². The van der Waals surface area contributed by atoms with Gasteiger partial charge in [0.25, 0.3) is 0 Å². The van der Waals surface area contributed by atoms with Gasteiger partial charge in [0.15, 0.2) is 0 Å². The van der Waals surface area contributed by atoms with E-state index in [1.165, 1.54) is 0 Å². The molecular formula is C21H16O3. The fraction of sp³-hybridized carbons (Fsp3) is 0.0476. The second kappa shape index (κ2) is 5.46. The zero-order valence-electron chi connectivity index (χ0n) is 13.2. The maximum atomic E-state index is 10.6. The van der Waals surface area contributed by atoms with Crippen LogP contribution in [0.15, 0.2) is 66.7 Å². The molecule has 0 aliphatic heterocycles. The maximum absolute atomic E-state index is 10.6. The summed E-state index contributed by atoms with van der Waals surface area (Å²) in [6.07, 6.45) is 0. The SMILES string of the molecule is Cc1ccc(Oc2ccc3c(O)c4ccccc4c(O)c3c2)cc1. The monoisotopic (exact) mass is 316 g/mol. The van der Waals surface area contributed by atoms with Gasteiger partial charge in [0.05, 0.1) is 0 Å². The predicted molar refractivity (Wildman–Crippen MR) is 96.0 cm³/mol. The Morgan fingerprint density at radius 1 is 0.625 bits per heavy atom. The van der Waals surface area contributed by atoms with Gasteiger partial charge in [-0.05, 0) is 37.3 Å². The normalized spacial score (nSPS) is 11.0. The zero-order valence-corrected chi connectivity index (χ0v) is 13.2. The molecule has 3 nitrogen and oxygen atoms in total. The number of aryl methyl sites for hydroxylation is 1. The highest BCUT2D eigenvalue weighted by molar-refractivity contribution is 6.10. The molecule has 0 unspecified atom stereocenters. The van der Waals surface area contributed by atoms with Crippen LogP contribution in [-0.2, 0) is 0 Å². The van der Waals surface area contributed by atoms with Gasteiger partial charge in [0.1, 0.15) is 23.0 Å². The average molecular weight is 316 g/mol. The summed E-state index contributed by atoms with van der Waals surface area (Å²) in [4.78, 5) is 0. The Hall–Kier alpha value is -3.20. The molecule has 0 radical (unpaired) electrons. The van der Waals surface area contributed by atoms with E-state index in [4.69, 9.17) is 4.74 Å². The van der Waals surface area contributed by atoms with E-state index in [1.54, 1.807) is 30.3 Å². The fourth-order valence-corrected chi connectivity index (χ4v) is 2.92. The lowest BCUT2D eigenvalue weighted by molar-refractivity contribution is 0.474. The first-order valence-corrected chi connectivity index (χ1v) is 7.74. The van der Waals surface area contributed by atoms with E-state index in [2.05, 4.69) is 0 Å². The molecule has 4 rings (SSSR count). The molecule has 0 aromatic heterocycles. The number of hydrogen-bond donors (Lipinski definition) is 2. The van der Waals surface area contributed by atoms with Crippen LogP contribution in [0.2, 0.25) is 0 Å². The number of ether oxygens (including phenoxy) is 1. The minimum Gasteiger partial charge on any atom is -0.507 e. The molecule has 118 valence electrons. The van der Waals surface area contributed by atoms with Gasteiger partial charge in [0, 0.05) is 21.5 Å². The Labute approximate surface area is 139 Å². The number of fused-ring (bicyclic) bond motifs is 2. The second-order valence-corrected chi connectivity index (χ2v) is 5.87. The van der Waals surface area contributed by atoms with Gasteiger partial charge in [-0.2, -0.15) is 0 Å². The molecule has 2 N–H and O–H groups in total. The Morgan fingerprint density at radius 2 is 1.17 bits per heavy atom. The van der Waals surface area contributed by atoms with Crippen molar-refractivity contribution >= 4 is 21.5 Å². The third-order valence-electron chi connectivity index (χ3n) is 4.20. The molecule has 0 saturated carbocycles. The average Bonchev–Trinajstić information content (AvgIpc) is 2.62. The molecule has 0 spiro atoms. The molecule has 0 amide bonds. The van der Waals surface area contributed by atoms with Crippen LogP contribution in [0.3, 0.4) is 0 Å². The third kappa shape index (κ3) is 2.31. The predicted octanol–water partition coefficient (Wildman–Crippen LogP) is 5.50. The molecule has 0 saturated heterocycles. The number of phenolic OH excluding ortho intramolecular Hbond substituents is 2. The van der Waals surface area contributed by atoms with Gasteiger partial charge in [-0.1, -0.05) is 42.0 Å². The molecule has 4 aromatic carbocycles. The number of phenols is 2. The van der Waals surface area contributed by atoms with Crippen LogP contribution >= 0.6 is 0 Å². The molecule has 0 bridgehead atoms. The first kappa shape index (κ1) is 14.4. The van der Waals surface area contributed by atoms with Crippen molar-refractivity contribution in [3.8, 4) is 23.0 Å². The minimum absolute atomic E-state index is 0.146. The first-order chi connectivity index (χ1) is 11.6. The van der Waals surface area contributed by atoms with Crippen molar-refractivity contribution in [2.75, 3.05) is 0 Å². The summed E-state index contributed by atoms with van der Waals surface area (Å²) in [5, 5.41) is 23.5. The Kier molecular flexibility index (Phi) is 3.28. The van der Waals surface area contributed by atoms with E-state index in [9.17, 15) is 10.2 Å². The quantitative estimate of drug-likeness (QED) is 0.379. The summed E-state index contributed by atoms with van der Waals surface area (Å²) in [5.74, 6) is 1.65. The topological polar surface area (TPSA) is 49.7 Å². The maximum Gasteiger partial charge on any atom is 0.131 e. The Balaban J connectivity index is 1.87. The van der Waals surface area contributed by atoms with Gasteiger partial charge in [-0.25, -0.2) is 0 Å². The molecule has 0 heterocycles. The number of benzene rings is 4. The second-order valence-electron chi connectivity index (χ2n) is 5.87. The summed E-state index contributed by atoms with van der Waals surface area (Å²) in [7, 11) is 0. The molecule has 3 heteroatoms. The molecular weight excluding hydrogens is 300 g/mol. The molecule has 0 aliphatic rings. The zero-order chi connectivity index (χ0) is 16.7. The van der Waals surface area contributed by atoms with Crippen molar-refractivity contribution in [1.82, 2.24) is 0 Å². The summed E-state index contributed by atoms with van der Waals surface area (Å²) in [6.45, 7) is 2.02. The van der Waals surface area contributed by atoms with Crippen LogP contribution in [0.1, 0.15) is 5.56 Å². The number of rotatable bonds is 2. The Morgan fingerprint density at radius 3 is 1.83 bits per heavy atom. The van der Waals surface area contributed by atoms with E-state index in [-0.39, 0.29) is 11.5 Å². The first-order valence-electron chi connectivity index (χ1n) is 7.74. The third-order valence-corrected chi connectivity index (χ3v) is 4.20. The van der Waals surface area contributed by atoms with Gasteiger partial charge >= 0.3 is 0 Å². The van der Waals surface area contributed by atoms with E-state index < -0.39 is 0 Å². The summed E-state index contributed by atoms with van der Waals surface area (Å²) >= 11 is 0. The standard InChI is InChI=1S/C21H16O3/c1-13-6-8-14(9-7-13)24-15-10-11-18-19(12-15)21(23)17-5-3-2-4-16(17)20(18)22/h2-12,22-23H,1H3. The van der Waals surface area contributed by atoms with Gasteiger partial charge in [-0.3, -0.25) is 0 Å². The van der Waals surface area contributed by atoms with Crippen LogP contribution in [0.25, 0.3) is 21.5 Å². The smallest absolute Gasteiger partial charge is 0.131 e. The lowest BCUT2D eigenvalue weighted by Crippen LogP contribution is -1.86. The summed E-state index contributed by atoms with van der Waals surface area (Å²) in [6, 6.07) is 20.3. The van der Waals surface area contributed by atoms with Crippen LogP contribution < -0.4 is 4.74 Å². The van der Waals surface area contributed by atoms with Crippen molar-refractivity contribution in [3.63, 3.8) is 0 Å². The molecule has 0 aliphatic carbocycles. The molecule has 0 fully saturated rings. The highest BCUT2D eigenvalue weighted by Crippen LogP contribution is 2.42. The minimum atomic E-state index is 0.146. The van der Waals surface area contributed by atoms with Crippen molar-refractivity contribution in [1.29, 1.82) is 0 Å². The number of aromatic hydroxyl groups is 2. The number of hydrogen-bond acceptors (Lipinski definition) is 3. The van der Waals surface area contributed by atoms with E-state index in [1.807, 2.05) is 43.3 Å². The van der Waals surface area contributed by atoms with Crippen LogP contribution in [0.5, 0.6) is 23.0 Å². The molecule has 0 atom stereocenters. The lowest BCUT2D eigenvalue weighted by Gasteiger charge is -2.12. The largest absolute Gasteiger partial charge is 0.507 e. The van der Waals surface area contributed by atoms with E-state index >= 15 is 0 Å².